The van der Waals surface area contributed by atoms with Crippen molar-refractivity contribution in [1.82, 2.24) is 29.6 Å². The van der Waals surface area contributed by atoms with Gasteiger partial charge in [0.05, 0.1) is 5.92 Å². The number of nitrogens with one attached hydrogen (secondary N) is 1. The first kappa shape index (κ1) is 15.4. The van der Waals surface area contributed by atoms with Crippen LogP contribution in [0.3, 0.4) is 0 Å². The number of amides is 1. The van der Waals surface area contributed by atoms with Crippen LogP contribution >= 0.6 is 0 Å². The first-order valence-electron chi connectivity index (χ1n) is 8.25. The Morgan fingerprint density at radius 3 is 2.68 bits per heavy atom. The molecule has 3 aromatic heterocycles. The summed E-state index contributed by atoms with van der Waals surface area (Å²) in [4.78, 5) is 22.8. The van der Waals surface area contributed by atoms with Gasteiger partial charge in [-0.2, -0.15) is 5.10 Å². The largest absolute Gasteiger partial charge is 0.355 e. The molecule has 128 valence electrons. The van der Waals surface area contributed by atoms with Crippen LogP contribution in [0, 0.1) is 5.92 Å². The van der Waals surface area contributed by atoms with E-state index in [1.54, 1.807) is 10.9 Å². The third kappa shape index (κ3) is 3.37. The van der Waals surface area contributed by atoms with Crippen molar-refractivity contribution >= 4 is 11.7 Å². The zero-order chi connectivity index (χ0) is 17.1. The van der Waals surface area contributed by atoms with Gasteiger partial charge in [0.1, 0.15) is 12.1 Å². The molecule has 1 aliphatic rings. The smallest absolute Gasteiger partial charge is 0.226 e. The third-order valence-electron chi connectivity index (χ3n) is 4.29. The Morgan fingerprint density at radius 1 is 1.12 bits per heavy atom. The molecular weight excluding hydrogens is 318 g/mol. The number of carbonyl (C=O) groups excluding carboxylic acids is 1. The Morgan fingerprint density at radius 2 is 1.92 bits per heavy atom. The van der Waals surface area contributed by atoms with Crippen molar-refractivity contribution in [3.8, 4) is 5.82 Å². The zero-order valence-corrected chi connectivity index (χ0v) is 13.7. The van der Waals surface area contributed by atoms with Crippen molar-refractivity contribution < 1.29 is 4.79 Å². The Hall–Kier alpha value is -3.16. The molecule has 1 saturated heterocycles. The highest BCUT2D eigenvalue weighted by molar-refractivity contribution is 5.81. The van der Waals surface area contributed by atoms with Gasteiger partial charge >= 0.3 is 0 Å². The fraction of sp³-hybridized carbons (Fsp3) is 0.294. The molecule has 4 rings (SSSR count). The Balaban J connectivity index is 1.28. The van der Waals surface area contributed by atoms with E-state index in [2.05, 4.69) is 25.3 Å². The fourth-order valence-electron chi connectivity index (χ4n) is 2.84. The van der Waals surface area contributed by atoms with E-state index in [0.717, 1.165) is 18.2 Å². The van der Waals surface area contributed by atoms with Gasteiger partial charge in [-0.05, 0) is 18.2 Å². The number of anilines is 1. The van der Waals surface area contributed by atoms with Crippen LogP contribution in [0.15, 0.2) is 55.4 Å². The minimum absolute atomic E-state index is 0.00720. The van der Waals surface area contributed by atoms with Crippen molar-refractivity contribution in [1.29, 1.82) is 0 Å². The van der Waals surface area contributed by atoms with Gasteiger partial charge in [-0.3, -0.25) is 4.79 Å². The summed E-state index contributed by atoms with van der Waals surface area (Å²) in [6, 6.07) is 7.68. The van der Waals surface area contributed by atoms with Crippen molar-refractivity contribution in [2.24, 2.45) is 5.92 Å². The first-order chi connectivity index (χ1) is 12.3. The lowest BCUT2D eigenvalue weighted by molar-refractivity contribution is -0.125. The van der Waals surface area contributed by atoms with E-state index in [0.29, 0.717) is 19.6 Å². The molecule has 3 aromatic rings. The lowest BCUT2D eigenvalue weighted by Crippen LogP contribution is -2.54. The van der Waals surface area contributed by atoms with Crippen LogP contribution < -0.4 is 10.2 Å². The lowest BCUT2D eigenvalue weighted by Gasteiger charge is -2.39. The van der Waals surface area contributed by atoms with Gasteiger partial charge in [0, 0.05) is 57.0 Å². The summed E-state index contributed by atoms with van der Waals surface area (Å²) in [7, 11) is 0. The topological polar surface area (TPSA) is 80.9 Å². The number of nitrogens with zero attached hydrogens (tertiary/aromatic N) is 6. The van der Waals surface area contributed by atoms with Crippen molar-refractivity contribution in [2.75, 3.05) is 24.5 Å². The Kier molecular flexibility index (Phi) is 4.16. The van der Waals surface area contributed by atoms with Crippen LogP contribution in [0.5, 0.6) is 0 Å². The number of hydrogen-bond acceptors (Lipinski definition) is 5. The first-order valence-corrected chi connectivity index (χ1v) is 8.25. The van der Waals surface area contributed by atoms with Crippen LogP contribution in [-0.4, -0.2) is 49.9 Å². The quantitative estimate of drug-likeness (QED) is 0.717. The maximum Gasteiger partial charge on any atom is 0.226 e. The minimum Gasteiger partial charge on any atom is -0.355 e. The molecule has 1 N–H and O–H groups in total. The molecule has 8 nitrogen and oxygen atoms in total. The summed E-state index contributed by atoms with van der Waals surface area (Å²) in [5.41, 5.74) is 0. The molecule has 0 unspecified atom stereocenters. The van der Waals surface area contributed by atoms with E-state index in [-0.39, 0.29) is 11.8 Å². The van der Waals surface area contributed by atoms with Gasteiger partial charge in [0.2, 0.25) is 5.91 Å². The molecule has 1 aliphatic heterocycles. The maximum atomic E-state index is 12.2. The Bertz CT molecular complexity index is 823. The summed E-state index contributed by atoms with van der Waals surface area (Å²) in [6.07, 6.45) is 9.05. The van der Waals surface area contributed by atoms with Crippen LogP contribution in [0.2, 0.25) is 0 Å². The van der Waals surface area contributed by atoms with E-state index in [9.17, 15) is 4.79 Å². The molecule has 25 heavy (non-hydrogen) atoms. The van der Waals surface area contributed by atoms with Crippen LogP contribution in [-0.2, 0) is 11.3 Å². The highest BCUT2D eigenvalue weighted by Gasteiger charge is 2.33. The van der Waals surface area contributed by atoms with Gasteiger partial charge < -0.3 is 14.8 Å². The summed E-state index contributed by atoms with van der Waals surface area (Å²) in [5, 5.41) is 7.17. The highest BCUT2D eigenvalue weighted by Crippen LogP contribution is 2.23. The van der Waals surface area contributed by atoms with Crippen molar-refractivity contribution in [3.05, 3.63) is 55.4 Å². The molecule has 1 amide bonds. The van der Waals surface area contributed by atoms with E-state index in [1.807, 2.05) is 47.4 Å². The third-order valence-corrected chi connectivity index (χ3v) is 4.29. The van der Waals surface area contributed by atoms with Crippen LogP contribution in [0.25, 0.3) is 5.82 Å². The molecule has 4 heterocycles. The second-order valence-electron chi connectivity index (χ2n) is 6.00. The summed E-state index contributed by atoms with van der Waals surface area (Å²) >= 11 is 0. The monoisotopic (exact) mass is 337 g/mol. The molecular formula is C17H19N7O. The molecule has 0 aliphatic carbocycles. The van der Waals surface area contributed by atoms with E-state index in [4.69, 9.17) is 0 Å². The maximum absolute atomic E-state index is 12.2. The molecule has 8 heteroatoms. The van der Waals surface area contributed by atoms with Crippen LogP contribution in [0.4, 0.5) is 5.82 Å². The van der Waals surface area contributed by atoms with Gasteiger partial charge in [-0.25, -0.2) is 14.6 Å². The zero-order valence-electron chi connectivity index (χ0n) is 13.7. The SMILES string of the molecule is O=C(NCCn1cccc1)C1CN(c2cc(-n3cccn3)ncn2)C1. The average molecular weight is 337 g/mol. The molecule has 0 radical (unpaired) electrons. The molecule has 0 spiro atoms. The molecule has 0 bridgehead atoms. The molecule has 0 saturated carbocycles. The average Bonchev–Trinajstić information content (AvgIpc) is 3.28. The van der Waals surface area contributed by atoms with E-state index >= 15 is 0 Å². The van der Waals surface area contributed by atoms with Crippen LogP contribution in [0.1, 0.15) is 0 Å². The molecule has 0 atom stereocenters. The number of rotatable bonds is 6. The van der Waals surface area contributed by atoms with E-state index < -0.39 is 0 Å². The summed E-state index contributed by atoms with van der Waals surface area (Å²) in [5.74, 6) is 1.64. The van der Waals surface area contributed by atoms with Gasteiger partial charge in [0.15, 0.2) is 5.82 Å². The molecule has 1 fully saturated rings. The lowest BCUT2D eigenvalue weighted by atomic mass is 9.99. The van der Waals surface area contributed by atoms with Gasteiger partial charge in [0.25, 0.3) is 0 Å². The van der Waals surface area contributed by atoms with Crippen molar-refractivity contribution in [2.45, 2.75) is 6.54 Å². The van der Waals surface area contributed by atoms with Gasteiger partial charge in [-0.15, -0.1) is 0 Å². The predicted octanol–water partition coefficient (Wildman–Crippen LogP) is 0.716. The fourth-order valence-corrected chi connectivity index (χ4v) is 2.84. The summed E-state index contributed by atoms with van der Waals surface area (Å²) < 4.78 is 3.74. The number of carbonyl (C=O) groups is 1. The van der Waals surface area contributed by atoms with E-state index in [1.165, 1.54) is 6.33 Å². The van der Waals surface area contributed by atoms with Gasteiger partial charge in [-0.1, -0.05) is 0 Å². The minimum atomic E-state index is 0.00720. The number of aromatic nitrogens is 5. The summed E-state index contributed by atoms with van der Waals surface area (Å²) in [6.45, 7) is 2.77. The predicted molar refractivity (Wildman–Crippen MR) is 92.3 cm³/mol. The standard InChI is InChI=1S/C17H19N7O/c25-17(18-5-9-22-6-1-2-7-22)14-11-23(12-14)15-10-16(20-13-19-15)24-8-3-4-21-24/h1-4,6-8,10,13-14H,5,9,11-12H2,(H,18,25). The second-order valence-corrected chi connectivity index (χ2v) is 6.00. The van der Waals surface area contributed by atoms with Crippen molar-refractivity contribution in [3.63, 3.8) is 0 Å². The Labute approximate surface area is 145 Å². The molecule has 0 aromatic carbocycles. The number of hydrogen-bond donors (Lipinski definition) is 1. The second kappa shape index (κ2) is 6.76. The normalized spacial score (nSPS) is 14.3. The highest BCUT2D eigenvalue weighted by atomic mass is 16.2.